The highest BCUT2D eigenvalue weighted by Crippen LogP contribution is 2.25. The second-order valence-corrected chi connectivity index (χ2v) is 6.55. The quantitative estimate of drug-likeness (QED) is 0.368. The number of halogens is 2. The Kier molecular flexibility index (Phi) is 10.8. The van der Waals surface area contributed by atoms with E-state index in [-0.39, 0.29) is 5.91 Å². The molecule has 0 fully saturated rings. The second-order valence-electron chi connectivity index (χ2n) is 5.73. The normalized spacial score (nSPS) is 11.1. The molecule has 1 rings (SSSR count). The van der Waals surface area contributed by atoms with Crippen LogP contribution in [0.5, 0.6) is 0 Å². The SMILES string of the molecule is CCCCCCCCCCNC(=O)/C=C/c1c(Cl)cccc1Cl. The van der Waals surface area contributed by atoms with Crippen LogP contribution in [0.4, 0.5) is 0 Å². The van der Waals surface area contributed by atoms with Crippen LogP contribution in [0, 0.1) is 0 Å². The molecular weight excluding hydrogens is 329 g/mol. The minimum atomic E-state index is -0.107. The van der Waals surface area contributed by atoms with E-state index in [1.165, 1.54) is 51.0 Å². The van der Waals surface area contributed by atoms with E-state index in [4.69, 9.17) is 23.2 Å². The highest BCUT2D eigenvalue weighted by molar-refractivity contribution is 6.37. The first-order valence-electron chi connectivity index (χ1n) is 8.55. The Morgan fingerprint density at radius 1 is 1.00 bits per heavy atom. The lowest BCUT2D eigenvalue weighted by atomic mass is 10.1. The summed E-state index contributed by atoms with van der Waals surface area (Å²) in [5, 5.41) is 3.98. The van der Waals surface area contributed by atoms with Crippen LogP contribution < -0.4 is 5.32 Å². The van der Waals surface area contributed by atoms with E-state index in [2.05, 4.69) is 12.2 Å². The molecule has 1 amide bonds. The van der Waals surface area contributed by atoms with Gasteiger partial charge in [-0.05, 0) is 24.6 Å². The summed E-state index contributed by atoms with van der Waals surface area (Å²) in [6.45, 7) is 2.95. The summed E-state index contributed by atoms with van der Waals surface area (Å²) in [5.41, 5.74) is 0.679. The number of unbranched alkanes of at least 4 members (excludes halogenated alkanes) is 7. The van der Waals surface area contributed by atoms with E-state index in [1.807, 2.05) is 0 Å². The first-order valence-corrected chi connectivity index (χ1v) is 9.30. The molecule has 4 heteroatoms. The Bertz CT molecular complexity index is 480. The Balaban J connectivity index is 2.14. The maximum Gasteiger partial charge on any atom is 0.244 e. The van der Waals surface area contributed by atoms with Crippen LogP contribution in [0.25, 0.3) is 6.08 Å². The summed E-state index contributed by atoms with van der Waals surface area (Å²) in [7, 11) is 0. The van der Waals surface area contributed by atoms with E-state index in [9.17, 15) is 4.79 Å². The average Bonchev–Trinajstić information content (AvgIpc) is 2.53. The van der Waals surface area contributed by atoms with Gasteiger partial charge in [-0.3, -0.25) is 4.79 Å². The summed E-state index contributed by atoms with van der Waals surface area (Å²) in [6.07, 6.45) is 13.2. The lowest BCUT2D eigenvalue weighted by Crippen LogP contribution is -2.21. The van der Waals surface area contributed by atoms with Gasteiger partial charge in [-0.1, -0.05) is 81.1 Å². The highest BCUT2D eigenvalue weighted by Gasteiger charge is 2.02. The van der Waals surface area contributed by atoms with Gasteiger partial charge >= 0.3 is 0 Å². The molecule has 0 aliphatic carbocycles. The Labute approximate surface area is 150 Å². The van der Waals surface area contributed by atoms with Gasteiger partial charge < -0.3 is 5.32 Å². The van der Waals surface area contributed by atoms with Gasteiger partial charge in [-0.15, -0.1) is 0 Å². The summed E-state index contributed by atoms with van der Waals surface area (Å²) < 4.78 is 0. The smallest absolute Gasteiger partial charge is 0.244 e. The third-order valence-electron chi connectivity index (χ3n) is 3.73. The third-order valence-corrected chi connectivity index (χ3v) is 4.39. The number of carbonyl (C=O) groups excluding carboxylic acids is 1. The van der Waals surface area contributed by atoms with E-state index >= 15 is 0 Å². The first kappa shape index (κ1) is 20.1. The minimum Gasteiger partial charge on any atom is -0.353 e. The topological polar surface area (TPSA) is 29.1 Å². The van der Waals surface area contributed by atoms with E-state index in [0.717, 1.165) is 6.42 Å². The zero-order valence-corrected chi connectivity index (χ0v) is 15.4. The molecule has 23 heavy (non-hydrogen) atoms. The molecular formula is C19H27Cl2NO. The van der Waals surface area contributed by atoms with Crippen molar-refractivity contribution in [3.63, 3.8) is 0 Å². The van der Waals surface area contributed by atoms with Crippen molar-refractivity contribution in [2.75, 3.05) is 6.54 Å². The summed E-state index contributed by atoms with van der Waals surface area (Å²) >= 11 is 12.1. The molecule has 2 nitrogen and oxygen atoms in total. The lowest BCUT2D eigenvalue weighted by molar-refractivity contribution is -0.116. The minimum absolute atomic E-state index is 0.107. The largest absolute Gasteiger partial charge is 0.353 e. The Hall–Kier alpha value is -0.990. The van der Waals surface area contributed by atoms with Crippen molar-refractivity contribution in [1.29, 1.82) is 0 Å². The van der Waals surface area contributed by atoms with Crippen LogP contribution >= 0.6 is 23.2 Å². The van der Waals surface area contributed by atoms with Gasteiger partial charge in [-0.25, -0.2) is 0 Å². The molecule has 128 valence electrons. The lowest BCUT2D eigenvalue weighted by Gasteiger charge is -2.04. The molecule has 0 heterocycles. The molecule has 0 bridgehead atoms. The second kappa shape index (κ2) is 12.4. The fraction of sp³-hybridized carbons (Fsp3) is 0.526. The van der Waals surface area contributed by atoms with Crippen molar-refractivity contribution in [3.8, 4) is 0 Å². The van der Waals surface area contributed by atoms with Crippen LogP contribution in [0.2, 0.25) is 10.0 Å². The van der Waals surface area contributed by atoms with E-state index in [0.29, 0.717) is 22.2 Å². The zero-order chi connectivity index (χ0) is 16.9. The molecule has 0 saturated carbocycles. The number of carbonyl (C=O) groups is 1. The fourth-order valence-electron chi connectivity index (χ4n) is 2.36. The van der Waals surface area contributed by atoms with Crippen molar-refractivity contribution in [2.45, 2.75) is 58.3 Å². The van der Waals surface area contributed by atoms with Crippen LogP contribution in [0.3, 0.4) is 0 Å². The van der Waals surface area contributed by atoms with Crippen LogP contribution in [-0.4, -0.2) is 12.5 Å². The molecule has 1 aromatic carbocycles. The predicted molar refractivity (Wildman–Crippen MR) is 101 cm³/mol. The molecule has 1 N–H and O–H groups in total. The van der Waals surface area contributed by atoms with Crippen molar-refractivity contribution < 1.29 is 4.79 Å². The Morgan fingerprint density at radius 3 is 2.17 bits per heavy atom. The van der Waals surface area contributed by atoms with Gasteiger partial charge in [0.1, 0.15) is 0 Å². The van der Waals surface area contributed by atoms with Gasteiger partial charge in [0.2, 0.25) is 5.91 Å². The van der Waals surface area contributed by atoms with E-state index < -0.39 is 0 Å². The first-order chi connectivity index (χ1) is 11.1. The van der Waals surface area contributed by atoms with Gasteiger partial charge in [-0.2, -0.15) is 0 Å². The van der Waals surface area contributed by atoms with Crippen molar-refractivity contribution in [1.82, 2.24) is 5.32 Å². The maximum absolute atomic E-state index is 11.8. The van der Waals surface area contributed by atoms with Gasteiger partial charge in [0.25, 0.3) is 0 Å². The summed E-state index contributed by atoms with van der Waals surface area (Å²) in [5.74, 6) is -0.107. The summed E-state index contributed by atoms with van der Waals surface area (Å²) in [6, 6.07) is 5.29. The molecule has 0 atom stereocenters. The predicted octanol–water partition coefficient (Wildman–Crippen LogP) is 6.26. The molecule has 0 aliphatic heterocycles. The van der Waals surface area contributed by atoms with Crippen molar-refractivity contribution in [3.05, 3.63) is 39.9 Å². The van der Waals surface area contributed by atoms with E-state index in [1.54, 1.807) is 24.3 Å². The molecule has 0 radical (unpaired) electrons. The number of nitrogens with one attached hydrogen (secondary N) is 1. The fourth-order valence-corrected chi connectivity index (χ4v) is 2.88. The number of hydrogen-bond donors (Lipinski definition) is 1. The van der Waals surface area contributed by atoms with Crippen molar-refractivity contribution in [2.24, 2.45) is 0 Å². The average molecular weight is 356 g/mol. The number of amides is 1. The third kappa shape index (κ3) is 9.02. The molecule has 0 aliphatic rings. The molecule has 0 saturated heterocycles. The number of hydrogen-bond acceptors (Lipinski definition) is 1. The number of rotatable bonds is 11. The monoisotopic (exact) mass is 355 g/mol. The maximum atomic E-state index is 11.8. The molecule has 1 aromatic rings. The van der Waals surface area contributed by atoms with Crippen LogP contribution in [0.1, 0.15) is 63.9 Å². The van der Waals surface area contributed by atoms with Crippen molar-refractivity contribution >= 4 is 35.2 Å². The Morgan fingerprint density at radius 2 is 1.57 bits per heavy atom. The number of benzene rings is 1. The van der Waals surface area contributed by atoms with Gasteiger partial charge in [0.05, 0.1) is 0 Å². The molecule has 0 unspecified atom stereocenters. The highest BCUT2D eigenvalue weighted by atomic mass is 35.5. The van der Waals surface area contributed by atoms with Crippen LogP contribution in [-0.2, 0) is 4.79 Å². The summed E-state index contributed by atoms with van der Waals surface area (Å²) in [4.78, 5) is 11.8. The van der Waals surface area contributed by atoms with Gasteiger partial charge in [0, 0.05) is 28.2 Å². The molecule has 0 aromatic heterocycles. The van der Waals surface area contributed by atoms with Gasteiger partial charge in [0.15, 0.2) is 0 Å². The zero-order valence-electron chi connectivity index (χ0n) is 13.9. The standard InChI is InChI=1S/C19H27Cl2NO/c1-2-3-4-5-6-7-8-9-15-22-19(23)14-13-16-17(20)11-10-12-18(16)21/h10-14H,2-9,15H2,1H3,(H,22,23)/b14-13+. The molecule has 0 spiro atoms. The van der Waals surface area contributed by atoms with Crippen LogP contribution in [0.15, 0.2) is 24.3 Å².